The van der Waals surface area contributed by atoms with E-state index in [1.54, 1.807) is 7.11 Å². The predicted molar refractivity (Wildman–Crippen MR) is 75.3 cm³/mol. The van der Waals surface area contributed by atoms with Crippen molar-refractivity contribution in [2.45, 2.75) is 13.0 Å². The average molecular weight is 273 g/mol. The summed E-state index contributed by atoms with van der Waals surface area (Å²) in [6.07, 6.45) is 0. The minimum absolute atomic E-state index is 0.140. The van der Waals surface area contributed by atoms with Gasteiger partial charge in [0, 0.05) is 5.56 Å². The lowest BCUT2D eigenvalue weighted by Gasteiger charge is -2.14. The highest BCUT2D eigenvalue weighted by Gasteiger charge is 2.11. The number of ether oxygens (including phenoxy) is 1. The van der Waals surface area contributed by atoms with E-state index in [1.165, 1.54) is 24.3 Å². The van der Waals surface area contributed by atoms with Crippen molar-refractivity contribution in [3.05, 3.63) is 65.5 Å². The molecule has 1 unspecified atom stereocenters. The highest BCUT2D eigenvalue weighted by molar-refractivity contribution is 5.94. The van der Waals surface area contributed by atoms with Gasteiger partial charge in [0.25, 0.3) is 5.91 Å². The summed E-state index contributed by atoms with van der Waals surface area (Å²) in [7, 11) is 1.61. The first kappa shape index (κ1) is 14.1. The molecule has 1 N–H and O–H groups in total. The Morgan fingerprint density at radius 3 is 2.25 bits per heavy atom. The molecule has 0 aromatic heterocycles. The van der Waals surface area contributed by atoms with Crippen LogP contribution in [-0.4, -0.2) is 13.0 Å². The van der Waals surface area contributed by atoms with Crippen LogP contribution < -0.4 is 10.1 Å². The van der Waals surface area contributed by atoms with Gasteiger partial charge in [-0.2, -0.15) is 0 Å². The number of hydrogen-bond donors (Lipinski definition) is 1. The van der Waals surface area contributed by atoms with Crippen LogP contribution in [0.3, 0.4) is 0 Å². The Labute approximate surface area is 117 Å². The fraction of sp³-hybridized carbons (Fsp3) is 0.188. The summed E-state index contributed by atoms with van der Waals surface area (Å²) in [5, 5.41) is 2.87. The molecule has 0 saturated carbocycles. The second-order valence-corrected chi connectivity index (χ2v) is 4.48. The van der Waals surface area contributed by atoms with Gasteiger partial charge in [0.2, 0.25) is 0 Å². The molecule has 0 bridgehead atoms. The Bertz CT molecular complexity index is 578. The van der Waals surface area contributed by atoms with Gasteiger partial charge in [0.15, 0.2) is 0 Å². The lowest BCUT2D eigenvalue weighted by molar-refractivity contribution is 0.0940. The molecule has 2 aromatic rings. The fourth-order valence-electron chi connectivity index (χ4n) is 1.86. The van der Waals surface area contributed by atoms with Crippen LogP contribution in [0.15, 0.2) is 48.5 Å². The Balaban J connectivity index is 2.04. The maximum atomic E-state index is 12.8. The predicted octanol–water partition coefficient (Wildman–Crippen LogP) is 3.33. The van der Waals surface area contributed by atoms with Crippen molar-refractivity contribution in [2.24, 2.45) is 0 Å². The van der Waals surface area contributed by atoms with Gasteiger partial charge in [-0.1, -0.05) is 12.1 Å². The normalized spacial score (nSPS) is 11.8. The van der Waals surface area contributed by atoms with E-state index in [4.69, 9.17) is 4.74 Å². The van der Waals surface area contributed by atoms with Crippen LogP contribution in [0.2, 0.25) is 0 Å². The molecule has 0 saturated heterocycles. The number of carbonyl (C=O) groups is 1. The molecule has 0 heterocycles. The van der Waals surface area contributed by atoms with Gasteiger partial charge in [-0.05, 0) is 48.9 Å². The average Bonchev–Trinajstić information content (AvgIpc) is 2.48. The van der Waals surface area contributed by atoms with E-state index in [0.29, 0.717) is 5.56 Å². The van der Waals surface area contributed by atoms with Crippen molar-refractivity contribution in [1.29, 1.82) is 0 Å². The van der Waals surface area contributed by atoms with Gasteiger partial charge < -0.3 is 10.1 Å². The smallest absolute Gasteiger partial charge is 0.251 e. The van der Waals surface area contributed by atoms with Crippen molar-refractivity contribution in [1.82, 2.24) is 5.32 Å². The van der Waals surface area contributed by atoms with Crippen LogP contribution in [-0.2, 0) is 0 Å². The molecular weight excluding hydrogens is 257 g/mol. The van der Waals surface area contributed by atoms with E-state index in [9.17, 15) is 9.18 Å². The molecule has 0 aliphatic carbocycles. The summed E-state index contributed by atoms with van der Waals surface area (Å²) in [6, 6.07) is 12.8. The van der Waals surface area contributed by atoms with Crippen LogP contribution in [0.5, 0.6) is 5.75 Å². The number of carbonyl (C=O) groups excluding carboxylic acids is 1. The van der Waals surface area contributed by atoms with Gasteiger partial charge in [-0.25, -0.2) is 4.39 Å². The largest absolute Gasteiger partial charge is 0.497 e. The van der Waals surface area contributed by atoms with Crippen LogP contribution in [0.25, 0.3) is 0 Å². The van der Waals surface area contributed by atoms with Gasteiger partial charge in [-0.15, -0.1) is 0 Å². The molecule has 0 radical (unpaired) electrons. The number of benzene rings is 2. The molecule has 2 rings (SSSR count). The molecule has 0 aliphatic rings. The van der Waals surface area contributed by atoms with Crippen molar-refractivity contribution in [3.8, 4) is 5.75 Å². The quantitative estimate of drug-likeness (QED) is 0.928. The first-order valence-electron chi connectivity index (χ1n) is 6.30. The topological polar surface area (TPSA) is 38.3 Å². The number of halogens is 1. The summed E-state index contributed by atoms with van der Waals surface area (Å²) in [5.74, 6) is 0.184. The van der Waals surface area contributed by atoms with Crippen molar-refractivity contribution in [3.63, 3.8) is 0 Å². The summed E-state index contributed by atoms with van der Waals surface area (Å²) in [5.41, 5.74) is 1.41. The zero-order valence-electron chi connectivity index (χ0n) is 11.4. The standard InChI is InChI=1S/C16H16FNO2/c1-11(12-5-9-15(20-2)10-6-12)18-16(19)13-3-7-14(17)8-4-13/h3-11H,1-2H3,(H,18,19). The van der Waals surface area contributed by atoms with E-state index in [1.807, 2.05) is 31.2 Å². The van der Waals surface area contributed by atoms with E-state index < -0.39 is 0 Å². The fourth-order valence-corrected chi connectivity index (χ4v) is 1.86. The zero-order chi connectivity index (χ0) is 14.5. The summed E-state index contributed by atoms with van der Waals surface area (Å²) in [6.45, 7) is 1.89. The lowest BCUT2D eigenvalue weighted by atomic mass is 10.1. The van der Waals surface area contributed by atoms with Crippen molar-refractivity contribution < 1.29 is 13.9 Å². The third kappa shape index (κ3) is 3.35. The van der Waals surface area contributed by atoms with Crippen LogP contribution in [0, 0.1) is 5.82 Å². The number of nitrogens with one attached hydrogen (secondary N) is 1. The van der Waals surface area contributed by atoms with Crippen molar-refractivity contribution >= 4 is 5.91 Å². The van der Waals surface area contributed by atoms with Crippen molar-refractivity contribution in [2.75, 3.05) is 7.11 Å². The third-order valence-electron chi connectivity index (χ3n) is 3.07. The van der Waals surface area contributed by atoms with Gasteiger partial charge in [0.1, 0.15) is 11.6 Å². The molecule has 1 amide bonds. The summed E-state index contributed by atoms with van der Waals surface area (Å²) >= 11 is 0. The number of rotatable bonds is 4. The van der Waals surface area contributed by atoms with Gasteiger partial charge in [-0.3, -0.25) is 4.79 Å². The third-order valence-corrected chi connectivity index (χ3v) is 3.07. The maximum Gasteiger partial charge on any atom is 0.251 e. The molecule has 4 heteroatoms. The molecule has 0 fully saturated rings. The van der Waals surface area contributed by atoms with E-state index >= 15 is 0 Å². The second-order valence-electron chi connectivity index (χ2n) is 4.48. The van der Waals surface area contributed by atoms with E-state index in [2.05, 4.69) is 5.32 Å². The minimum Gasteiger partial charge on any atom is -0.497 e. The first-order valence-corrected chi connectivity index (χ1v) is 6.30. The molecule has 0 spiro atoms. The molecule has 104 valence electrons. The number of amides is 1. The molecular formula is C16H16FNO2. The number of hydrogen-bond acceptors (Lipinski definition) is 2. The molecule has 3 nitrogen and oxygen atoms in total. The Morgan fingerprint density at radius 2 is 1.70 bits per heavy atom. The highest BCUT2D eigenvalue weighted by atomic mass is 19.1. The van der Waals surface area contributed by atoms with Gasteiger partial charge >= 0.3 is 0 Å². The van der Waals surface area contributed by atoms with E-state index in [0.717, 1.165) is 11.3 Å². The van der Waals surface area contributed by atoms with Crippen LogP contribution >= 0.6 is 0 Å². The lowest BCUT2D eigenvalue weighted by Crippen LogP contribution is -2.26. The SMILES string of the molecule is COc1ccc(C(C)NC(=O)c2ccc(F)cc2)cc1. The molecule has 2 aromatic carbocycles. The summed E-state index contributed by atoms with van der Waals surface area (Å²) < 4.78 is 17.9. The zero-order valence-corrected chi connectivity index (χ0v) is 11.4. The second kappa shape index (κ2) is 6.19. The van der Waals surface area contributed by atoms with Crippen LogP contribution in [0.1, 0.15) is 28.9 Å². The maximum absolute atomic E-state index is 12.8. The number of methoxy groups -OCH3 is 1. The first-order chi connectivity index (χ1) is 9.60. The van der Waals surface area contributed by atoms with Crippen LogP contribution in [0.4, 0.5) is 4.39 Å². The molecule has 20 heavy (non-hydrogen) atoms. The Kier molecular flexibility index (Phi) is 4.35. The van der Waals surface area contributed by atoms with E-state index in [-0.39, 0.29) is 17.8 Å². The Hall–Kier alpha value is -2.36. The minimum atomic E-state index is -0.357. The van der Waals surface area contributed by atoms with Gasteiger partial charge in [0.05, 0.1) is 13.2 Å². The molecule has 0 aliphatic heterocycles. The monoisotopic (exact) mass is 273 g/mol. The highest BCUT2D eigenvalue weighted by Crippen LogP contribution is 2.17. The Morgan fingerprint density at radius 1 is 1.10 bits per heavy atom. The summed E-state index contributed by atoms with van der Waals surface area (Å²) in [4.78, 5) is 12.0. The molecule has 1 atom stereocenters.